The lowest BCUT2D eigenvalue weighted by molar-refractivity contribution is -0.274. The summed E-state index contributed by atoms with van der Waals surface area (Å²) >= 11 is 2.95. The quantitative estimate of drug-likeness (QED) is 0.720. The highest BCUT2D eigenvalue weighted by Crippen LogP contribution is 2.34. The average molecular weight is 365 g/mol. The Balaban J connectivity index is 2.21. The lowest BCUT2D eigenvalue weighted by atomic mass is 10.3. The summed E-state index contributed by atoms with van der Waals surface area (Å²) < 4.78 is 40.2. The third-order valence-corrected chi connectivity index (χ3v) is 2.82. The maximum atomic E-state index is 12.1. The van der Waals surface area contributed by atoms with E-state index in [0.29, 0.717) is 0 Å². The van der Waals surface area contributed by atoms with E-state index < -0.39 is 6.36 Å². The number of nitrogens with two attached hydrogens (primary N) is 2. The summed E-state index contributed by atoms with van der Waals surface area (Å²) in [5.74, 6) is -0.191. The van der Waals surface area contributed by atoms with Crippen LogP contribution < -0.4 is 16.2 Å². The Labute approximate surface area is 124 Å². The van der Waals surface area contributed by atoms with Gasteiger partial charge in [-0.25, -0.2) is 0 Å². The minimum Gasteiger partial charge on any atom is -0.405 e. The average Bonchev–Trinajstić information content (AvgIpc) is 2.68. The number of ether oxygens (including phenoxy) is 1. The summed E-state index contributed by atoms with van der Waals surface area (Å²) in [5, 5.41) is 13.6. The highest BCUT2D eigenvalue weighted by molar-refractivity contribution is 9.10. The Morgan fingerprint density at radius 2 is 1.95 bits per heavy atom. The minimum atomic E-state index is -4.77. The van der Waals surface area contributed by atoms with Crippen LogP contribution >= 0.6 is 15.9 Å². The van der Waals surface area contributed by atoms with Gasteiger partial charge < -0.3 is 16.2 Å². The van der Waals surface area contributed by atoms with Crippen LogP contribution in [0.5, 0.6) is 5.75 Å². The Bertz CT molecular complexity index is 664. The van der Waals surface area contributed by atoms with E-state index in [1.807, 2.05) is 0 Å². The smallest absolute Gasteiger partial charge is 0.405 e. The van der Waals surface area contributed by atoms with Gasteiger partial charge in [-0.3, -0.25) is 5.10 Å². The number of nitrogens with zero attached hydrogens (tertiary/aromatic N) is 3. The Morgan fingerprint density at radius 1 is 1.24 bits per heavy atom. The van der Waals surface area contributed by atoms with E-state index >= 15 is 0 Å². The first-order valence-electron chi connectivity index (χ1n) is 5.32. The van der Waals surface area contributed by atoms with Gasteiger partial charge in [-0.2, -0.15) is 10.2 Å². The lowest BCUT2D eigenvalue weighted by Gasteiger charge is -2.10. The van der Waals surface area contributed by atoms with Gasteiger partial charge in [0.15, 0.2) is 11.5 Å². The van der Waals surface area contributed by atoms with Crippen LogP contribution in [-0.4, -0.2) is 16.6 Å². The first-order valence-corrected chi connectivity index (χ1v) is 6.12. The molecule has 5 N–H and O–H groups in total. The van der Waals surface area contributed by atoms with Crippen molar-refractivity contribution < 1.29 is 17.9 Å². The number of rotatable bonds is 3. The molecule has 112 valence electrons. The van der Waals surface area contributed by atoms with Crippen molar-refractivity contribution in [2.75, 3.05) is 11.5 Å². The zero-order valence-corrected chi connectivity index (χ0v) is 11.7. The standard InChI is InChI=1S/C10H8BrF3N6O/c11-5-3-4(1-2-6(5)21-10(12,13)14)17-18-7-8(15)19-20-9(7)16/h1-3H,(H5,15,16,19,20). The van der Waals surface area contributed by atoms with Gasteiger partial charge in [-0.05, 0) is 34.1 Å². The first-order chi connectivity index (χ1) is 9.76. The number of alkyl halides is 3. The number of hydrogen-bond acceptors (Lipinski definition) is 6. The molecule has 1 aromatic heterocycles. The highest BCUT2D eigenvalue weighted by atomic mass is 79.9. The molecule has 1 aromatic carbocycles. The summed E-state index contributed by atoms with van der Waals surface area (Å²) in [7, 11) is 0. The van der Waals surface area contributed by atoms with Crippen LogP contribution in [0, 0.1) is 0 Å². The molecule has 0 unspecified atom stereocenters. The van der Waals surface area contributed by atoms with Gasteiger partial charge in [-0.15, -0.1) is 18.3 Å². The molecule has 0 radical (unpaired) electrons. The van der Waals surface area contributed by atoms with Crippen LogP contribution in [0.1, 0.15) is 0 Å². The van der Waals surface area contributed by atoms with Gasteiger partial charge in [0.25, 0.3) is 0 Å². The molecule has 0 saturated heterocycles. The molecule has 0 aliphatic heterocycles. The fraction of sp³-hybridized carbons (Fsp3) is 0.100. The molecular weight excluding hydrogens is 357 g/mol. The van der Waals surface area contributed by atoms with E-state index in [1.165, 1.54) is 12.1 Å². The van der Waals surface area contributed by atoms with E-state index in [4.69, 9.17) is 11.5 Å². The molecule has 0 spiro atoms. The predicted octanol–water partition coefficient (Wildman–Crippen LogP) is 3.65. The molecule has 2 aromatic rings. The van der Waals surface area contributed by atoms with Gasteiger partial charge in [0.2, 0.25) is 0 Å². The molecule has 0 aliphatic carbocycles. The van der Waals surface area contributed by atoms with Gasteiger partial charge in [-0.1, -0.05) is 0 Å². The van der Waals surface area contributed by atoms with Crippen molar-refractivity contribution >= 4 is 38.9 Å². The monoisotopic (exact) mass is 364 g/mol. The zero-order valence-electron chi connectivity index (χ0n) is 10.1. The number of aromatic nitrogens is 2. The van der Waals surface area contributed by atoms with Crippen molar-refractivity contribution in [1.29, 1.82) is 0 Å². The van der Waals surface area contributed by atoms with E-state index in [9.17, 15) is 13.2 Å². The number of hydrogen-bond donors (Lipinski definition) is 3. The van der Waals surface area contributed by atoms with Crippen LogP contribution in [0.2, 0.25) is 0 Å². The van der Waals surface area contributed by atoms with Crippen LogP contribution in [0.25, 0.3) is 0 Å². The van der Waals surface area contributed by atoms with Crippen LogP contribution in [0.4, 0.5) is 36.2 Å². The number of anilines is 2. The molecule has 0 amide bonds. The molecular formula is C10H8BrF3N6O. The molecule has 0 aliphatic rings. The zero-order chi connectivity index (χ0) is 15.6. The maximum Gasteiger partial charge on any atom is 0.573 e. The van der Waals surface area contributed by atoms with Crippen molar-refractivity contribution in [2.45, 2.75) is 6.36 Å². The van der Waals surface area contributed by atoms with Crippen molar-refractivity contribution in [1.82, 2.24) is 10.2 Å². The normalized spacial score (nSPS) is 12.0. The number of halogens is 4. The van der Waals surface area contributed by atoms with E-state index in [2.05, 4.69) is 41.1 Å². The fourth-order valence-corrected chi connectivity index (χ4v) is 1.78. The summed E-state index contributed by atoms with van der Waals surface area (Å²) in [5.41, 5.74) is 11.5. The lowest BCUT2D eigenvalue weighted by Crippen LogP contribution is -2.17. The van der Waals surface area contributed by atoms with Crippen molar-refractivity contribution in [3.05, 3.63) is 22.7 Å². The molecule has 2 rings (SSSR count). The topological polar surface area (TPSA) is 115 Å². The number of nitrogen functional groups attached to an aromatic ring is 2. The molecule has 11 heteroatoms. The molecule has 0 bridgehead atoms. The van der Waals surface area contributed by atoms with Crippen LogP contribution in [0.3, 0.4) is 0 Å². The van der Waals surface area contributed by atoms with Crippen LogP contribution in [-0.2, 0) is 0 Å². The van der Waals surface area contributed by atoms with E-state index in [1.54, 1.807) is 0 Å². The van der Waals surface area contributed by atoms with Gasteiger partial charge in [0, 0.05) is 0 Å². The maximum absolute atomic E-state index is 12.1. The molecule has 7 nitrogen and oxygen atoms in total. The summed E-state index contributed by atoms with van der Waals surface area (Å²) in [6.45, 7) is 0. The number of azo groups is 1. The largest absolute Gasteiger partial charge is 0.573 e. The number of nitrogens with one attached hydrogen (secondary N) is 1. The highest BCUT2D eigenvalue weighted by Gasteiger charge is 2.31. The van der Waals surface area contributed by atoms with Crippen molar-refractivity contribution in [3.63, 3.8) is 0 Å². The first kappa shape index (κ1) is 15.1. The van der Waals surface area contributed by atoms with Crippen molar-refractivity contribution in [3.8, 4) is 5.75 Å². The summed E-state index contributed by atoms with van der Waals surface area (Å²) in [6, 6.07) is 3.70. The molecule has 1 heterocycles. The minimum absolute atomic E-state index is 0.0624. The third-order valence-electron chi connectivity index (χ3n) is 2.20. The molecule has 0 fully saturated rings. The van der Waals surface area contributed by atoms with Crippen LogP contribution in [0.15, 0.2) is 32.9 Å². The Hall–Kier alpha value is -2.30. The third kappa shape index (κ3) is 3.84. The number of benzene rings is 1. The second kappa shape index (κ2) is 5.60. The Kier molecular flexibility index (Phi) is 4.02. The van der Waals surface area contributed by atoms with Gasteiger partial charge in [0.1, 0.15) is 11.6 Å². The van der Waals surface area contributed by atoms with E-state index in [-0.39, 0.29) is 33.2 Å². The molecule has 0 saturated carbocycles. The van der Waals surface area contributed by atoms with Crippen molar-refractivity contribution in [2.24, 2.45) is 10.2 Å². The molecule has 21 heavy (non-hydrogen) atoms. The summed E-state index contributed by atoms with van der Waals surface area (Å²) in [4.78, 5) is 0. The second-order valence-electron chi connectivity index (χ2n) is 3.73. The SMILES string of the molecule is Nc1n[nH]c(N)c1N=Nc1ccc(OC(F)(F)F)c(Br)c1. The number of aromatic amines is 1. The summed E-state index contributed by atoms with van der Waals surface area (Å²) in [6.07, 6.45) is -4.77. The predicted molar refractivity (Wildman–Crippen MR) is 72.4 cm³/mol. The second-order valence-corrected chi connectivity index (χ2v) is 4.59. The molecule has 0 atom stereocenters. The van der Waals surface area contributed by atoms with Gasteiger partial charge >= 0.3 is 6.36 Å². The van der Waals surface area contributed by atoms with Gasteiger partial charge in [0.05, 0.1) is 10.2 Å². The fourth-order valence-electron chi connectivity index (χ4n) is 1.34. The Morgan fingerprint density at radius 3 is 2.48 bits per heavy atom. The number of H-pyrrole nitrogens is 1. The van der Waals surface area contributed by atoms with E-state index in [0.717, 1.165) is 6.07 Å².